The van der Waals surface area contributed by atoms with Crippen LogP contribution in [-0.2, 0) is 46.8 Å². The summed E-state index contributed by atoms with van der Waals surface area (Å²) in [6.45, 7) is 5.05. The zero-order valence-electron chi connectivity index (χ0n) is 21.6. The summed E-state index contributed by atoms with van der Waals surface area (Å²) in [7, 11) is 0. The molecule has 2 aliphatic rings. The van der Waals surface area contributed by atoms with E-state index in [0.29, 0.717) is 18.6 Å². The van der Waals surface area contributed by atoms with Crippen molar-refractivity contribution in [2.75, 3.05) is 26.4 Å². The molecule has 1 fully saturated rings. The van der Waals surface area contributed by atoms with Crippen molar-refractivity contribution in [3.05, 3.63) is 71.3 Å². The van der Waals surface area contributed by atoms with Crippen molar-refractivity contribution >= 4 is 22.7 Å². The molecule has 0 saturated carbocycles. The first-order valence-corrected chi connectivity index (χ1v) is 13.3. The Bertz CT molecular complexity index is 1270. The quantitative estimate of drug-likeness (QED) is 0.299. The van der Waals surface area contributed by atoms with Crippen molar-refractivity contribution in [2.45, 2.75) is 57.7 Å². The fourth-order valence-corrected chi connectivity index (χ4v) is 5.72. The molecule has 1 aliphatic carbocycles. The Morgan fingerprint density at radius 1 is 0.973 bits per heavy atom. The van der Waals surface area contributed by atoms with E-state index in [9.17, 15) is 9.59 Å². The second kappa shape index (κ2) is 11.0. The highest BCUT2D eigenvalue weighted by molar-refractivity contribution is 6.11. The van der Waals surface area contributed by atoms with E-state index in [0.717, 1.165) is 58.9 Å². The van der Waals surface area contributed by atoms with Gasteiger partial charge in [0.1, 0.15) is 0 Å². The van der Waals surface area contributed by atoms with E-state index in [1.54, 1.807) is 13.8 Å². The molecule has 0 aromatic heterocycles. The van der Waals surface area contributed by atoms with Crippen molar-refractivity contribution in [3.63, 3.8) is 0 Å². The largest absolute Gasteiger partial charge is 0.465 e. The lowest BCUT2D eigenvalue weighted by Crippen LogP contribution is -2.50. The first kappa shape index (κ1) is 25.4. The summed E-state index contributed by atoms with van der Waals surface area (Å²) in [6, 6.07) is 18.1. The zero-order chi connectivity index (χ0) is 25.8. The smallest absolute Gasteiger partial charge is 0.328 e. The molecule has 0 radical (unpaired) electrons. The molecule has 1 heterocycles. The Morgan fingerprint density at radius 2 is 1.70 bits per heavy atom. The van der Waals surface area contributed by atoms with Gasteiger partial charge in [-0.3, -0.25) is 9.59 Å². The van der Waals surface area contributed by atoms with Crippen molar-refractivity contribution in [1.29, 1.82) is 0 Å². The van der Waals surface area contributed by atoms with Crippen molar-refractivity contribution in [3.8, 4) is 11.1 Å². The molecule has 1 unspecified atom stereocenters. The van der Waals surface area contributed by atoms with E-state index in [2.05, 4.69) is 12.1 Å². The van der Waals surface area contributed by atoms with Crippen molar-refractivity contribution in [1.82, 2.24) is 0 Å². The number of benzene rings is 3. The monoisotopic (exact) mass is 502 g/mol. The molecule has 1 aliphatic heterocycles. The Labute approximate surface area is 217 Å². The minimum absolute atomic E-state index is 0.173. The summed E-state index contributed by atoms with van der Waals surface area (Å²) in [5, 5.41) is 2.04. The summed E-state index contributed by atoms with van der Waals surface area (Å²) in [5.74, 6) is -1.14. The molecule has 6 nitrogen and oxygen atoms in total. The average molecular weight is 503 g/mol. The molecule has 0 spiro atoms. The number of esters is 2. The number of fused-ring (bicyclic) bond motifs is 4. The molecule has 3 aromatic rings. The second-order valence-corrected chi connectivity index (χ2v) is 9.60. The van der Waals surface area contributed by atoms with Gasteiger partial charge in [0.05, 0.1) is 19.8 Å². The van der Waals surface area contributed by atoms with Crippen LogP contribution in [0.2, 0.25) is 0 Å². The van der Waals surface area contributed by atoms with Gasteiger partial charge in [-0.25, -0.2) is 0 Å². The number of hydrogen-bond donors (Lipinski definition) is 0. The average Bonchev–Trinajstić information content (AvgIpc) is 2.93. The third-order valence-electron chi connectivity index (χ3n) is 7.40. The van der Waals surface area contributed by atoms with Gasteiger partial charge in [0.2, 0.25) is 0 Å². The van der Waals surface area contributed by atoms with E-state index in [-0.39, 0.29) is 25.9 Å². The van der Waals surface area contributed by atoms with Crippen LogP contribution in [0.1, 0.15) is 49.8 Å². The van der Waals surface area contributed by atoms with E-state index < -0.39 is 17.4 Å². The first-order valence-electron chi connectivity index (χ1n) is 13.3. The van der Waals surface area contributed by atoms with Crippen LogP contribution < -0.4 is 0 Å². The van der Waals surface area contributed by atoms with Crippen LogP contribution in [-0.4, -0.2) is 44.7 Å². The molecule has 0 N–H and O–H groups in total. The lowest BCUT2D eigenvalue weighted by molar-refractivity contribution is -0.165. The molecule has 0 bridgehead atoms. The highest BCUT2D eigenvalue weighted by atomic mass is 16.7. The van der Waals surface area contributed by atoms with E-state index >= 15 is 0 Å². The number of rotatable bonds is 8. The van der Waals surface area contributed by atoms with Crippen LogP contribution in [0.3, 0.4) is 0 Å². The van der Waals surface area contributed by atoms with Gasteiger partial charge in [0, 0.05) is 13.0 Å². The third kappa shape index (κ3) is 4.64. The van der Waals surface area contributed by atoms with E-state index in [1.807, 2.05) is 42.5 Å². The van der Waals surface area contributed by atoms with Gasteiger partial charge in [0.25, 0.3) is 0 Å². The minimum atomic E-state index is -1.58. The van der Waals surface area contributed by atoms with Crippen molar-refractivity contribution < 1.29 is 28.5 Å². The molecule has 0 amide bonds. The highest BCUT2D eigenvalue weighted by Crippen LogP contribution is 2.48. The standard InChI is InChI=1S/C31H34O6/c1-3-34-29(32)31(30(33)35-4-2)20-22-12-6-8-14-24(22)28-25(16-18-37-27-15-9-10-17-36-27)23-13-7-5-11-21(23)19-26(28)31/h5-8,11-14,19,27H,3-4,9-10,15-18,20H2,1-2H3. The SMILES string of the molecule is CCOC(=O)C1(C(=O)OCC)Cc2ccccc2-c2c1cc1ccccc1c2CCOC1CCCCO1. The number of carbonyl (C=O) groups excluding carboxylic acids is 2. The topological polar surface area (TPSA) is 71.1 Å². The van der Waals surface area contributed by atoms with Crippen LogP contribution in [0.4, 0.5) is 0 Å². The van der Waals surface area contributed by atoms with Gasteiger partial charge < -0.3 is 18.9 Å². The molecule has 1 atom stereocenters. The van der Waals surface area contributed by atoms with Gasteiger partial charge in [-0.1, -0.05) is 48.5 Å². The Kier molecular flexibility index (Phi) is 7.58. The predicted octanol–water partition coefficient (Wildman–Crippen LogP) is 5.51. The van der Waals surface area contributed by atoms with E-state index in [1.165, 1.54) is 0 Å². The molecule has 1 saturated heterocycles. The van der Waals surface area contributed by atoms with Gasteiger partial charge in [-0.05, 0) is 84.2 Å². The van der Waals surface area contributed by atoms with Gasteiger partial charge in [-0.15, -0.1) is 0 Å². The predicted molar refractivity (Wildman–Crippen MR) is 141 cm³/mol. The lowest BCUT2D eigenvalue weighted by Gasteiger charge is -2.37. The first-order chi connectivity index (χ1) is 18.1. The summed E-state index contributed by atoms with van der Waals surface area (Å²) < 4.78 is 23.0. The number of carbonyl (C=O) groups is 2. The molecule has 3 aromatic carbocycles. The molecular formula is C31H34O6. The molecule has 6 heteroatoms. The lowest BCUT2D eigenvalue weighted by atomic mass is 9.65. The highest BCUT2D eigenvalue weighted by Gasteiger charge is 2.54. The molecule has 37 heavy (non-hydrogen) atoms. The normalized spacial score (nSPS) is 18.1. The van der Waals surface area contributed by atoms with Crippen LogP contribution in [0.25, 0.3) is 21.9 Å². The van der Waals surface area contributed by atoms with Crippen LogP contribution in [0.5, 0.6) is 0 Å². The molecular weight excluding hydrogens is 468 g/mol. The van der Waals surface area contributed by atoms with Gasteiger partial charge in [-0.2, -0.15) is 0 Å². The summed E-state index contributed by atoms with van der Waals surface area (Å²) in [5.41, 5.74) is 2.96. The van der Waals surface area contributed by atoms with E-state index in [4.69, 9.17) is 18.9 Å². The fourth-order valence-electron chi connectivity index (χ4n) is 5.72. The fraction of sp³-hybridized carbons (Fsp3) is 0.419. The van der Waals surface area contributed by atoms with Gasteiger partial charge >= 0.3 is 11.9 Å². The van der Waals surface area contributed by atoms with Crippen LogP contribution >= 0.6 is 0 Å². The van der Waals surface area contributed by atoms with Crippen LogP contribution in [0, 0.1) is 0 Å². The van der Waals surface area contributed by atoms with Crippen molar-refractivity contribution in [2.24, 2.45) is 0 Å². The maximum Gasteiger partial charge on any atom is 0.328 e. The molecule has 5 rings (SSSR count). The summed E-state index contributed by atoms with van der Waals surface area (Å²) in [6.07, 6.45) is 3.67. The van der Waals surface area contributed by atoms with Crippen LogP contribution in [0.15, 0.2) is 54.6 Å². The maximum absolute atomic E-state index is 13.7. The molecule has 194 valence electrons. The summed E-state index contributed by atoms with van der Waals surface area (Å²) in [4.78, 5) is 27.4. The Hall–Kier alpha value is -3.22. The maximum atomic E-state index is 13.7. The number of ether oxygens (including phenoxy) is 4. The van der Waals surface area contributed by atoms with Gasteiger partial charge in [0.15, 0.2) is 11.7 Å². The number of hydrogen-bond acceptors (Lipinski definition) is 6. The summed E-state index contributed by atoms with van der Waals surface area (Å²) >= 11 is 0. The zero-order valence-corrected chi connectivity index (χ0v) is 21.6. The minimum Gasteiger partial charge on any atom is -0.465 e. The second-order valence-electron chi connectivity index (χ2n) is 9.60. The Morgan fingerprint density at radius 3 is 2.43 bits per heavy atom. The Balaban J connectivity index is 1.71. The third-order valence-corrected chi connectivity index (χ3v) is 7.40.